The van der Waals surface area contributed by atoms with E-state index in [1.54, 1.807) is 7.11 Å². The van der Waals surface area contributed by atoms with Crippen LogP contribution in [0.25, 0.3) is 10.9 Å². The number of methoxy groups -OCH3 is 1. The average molecular weight is 421 g/mol. The smallest absolute Gasteiger partial charge is 0.228 e. The van der Waals surface area contributed by atoms with Crippen LogP contribution in [0.4, 0.5) is 0 Å². The lowest BCUT2D eigenvalue weighted by Gasteiger charge is -2.34. The van der Waals surface area contributed by atoms with Gasteiger partial charge in [0.25, 0.3) is 0 Å². The molecule has 164 valence electrons. The number of carbonyl (C=O) groups is 1. The van der Waals surface area contributed by atoms with Crippen molar-refractivity contribution in [3.05, 3.63) is 59.8 Å². The van der Waals surface area contributed by atoms with Gasteiger partial charge in [0.2, 0.25) is 5.91 Å². The minimum atomic E-state index is 0.139. The minimum Gasteiger partial charge on any atom is -0.496 e. The van der Waals surface area contributed by atoms with Crippen LogP contribution in [-0.4, -0.2) is 66.2 Å². The number of aromatic nitrogens is 2. The van der Waals surface area contributed by atoms with Gasteiger partial charge in [0.05, 0.1) is 24.7 Å². The SMILES string of the molecule is COc1ccccc1CCN1CCCC(CN(C)C(=O)Cc2[nH]nc3ccccc23)C1. The number of para-hydroxylation sites is 2. The molecule has 6 heteroatoms. The van der Waals surface area contributed by atoms with Crippen molar-refractivity contribution in [2.24, 2.45) is 5.92 Å². The monoisotopic (exact) mass is 420 g/mol. The van der Waals surface area contributed by atoms with Crippen LogP contribution in [0.3, 0.4) is 0 Å². The van der Waals surface area contributed by atoms with E-state index in [1.807, 2.05) is 48.3 Å². The summed E-state index contributed by atoms with van der Waals surface area (Å²) in [7, 11) is 3.66. The van der Waals surface area contributed by atoms with Gasteiger partial charge in [0.15, 0.2) is 0 Å². The van der Waals surface area contributed by atoms with Crippen molar-refractivity contribution in [3.8, 4) is 5.75 Å². The van der Waals surface area contributed by atoms with Gasteiger partial charge in [-0.2, -0.15) is 5.10 Å². The van der Waals surface area contributed by atoms with Crippen molar-refractivity contribution in [2.45, 2.75) is 25.7 Å². The molecular formula is C25H32N4O2. The molecule has 2 heterocycles. The zero-order chi connectivity index (χ0) is 21.6. The van der Waals surface area contributed by atoms with E-state index in [9.17, 15) is 4.79 Å². The number of nitrogens with zero attached hydrogens (tertiary/aromatic N) is 3. The first-order valence-electron chi connectivity index (χ1n) is 11.1. The fourth-order valence-corrected chi connectivity index (χ4v) is 4.62. The molecular weight excluding hydrogens is 388 g/mol. The molecule has 2 aromatic carbocycles. The summed E-state index contributed by atoms with van der Waals surface area (Å²) in [5, 5.41) is 8.37. The van der Waals surface area contributed by atoms with Crippen LogP contribution in [0.2, 0.25) is 0 Å². The molecule has 31 heavy (non-hydrogen) atoms. The van der Waals surface area contributed by atoms with Crippen molar-refractivity contribution >= 4 is 16.8 Å². The Hall–Kier alpha value is -2.86. The number of benzene rings is 2. The molecule has 4 rings (SSSR count). The largest absolute Gasteiger partial charge is 0.496 e. The number of likely N-dealkylation sites (N-methyl/N-ethyl adjacent to an activating group) is 1. The van der Waals surface area contributed by atoms with Gasteiger partial charge in [-0.3, -0.25) is 9.89 Å². The number of H-pyrrole nitrogens is 1. The van der Waals surface area contributed by atoms with E-state index in [1.165, 1.54) is 18.4 Å². The van der Waals surface area contributed by atoms with Crippen LogP contribution in [-0.2, 0) is 17.6 Å². The van der Waals surface area contributed by atoms with Crippen molar-refractivity contribution in [1.29, 1.82) is 0 Å². The number of carbonyl (C=O) groups excluding carboxylic acids is 1. The molecule has 0 bridgehead atoms. The van der Waals surface area contributed by atoms with E-state index in [-0.39, 0.29) is 5.91 Å². The van der Waals surface area contributed by atoms with Crippen molar-refractivity contribution < 1.29 is 9.53 Å². The summed E-state index contributed by atoms with van der Waals surface area (Å²) >= 11 is 0. The van der Waals surface area contributed by atoms with Gasteiger partial charge in [0, 0.05) is 32.1 Å². The molecule has 0 aliphatic carbocycles. The van der Waals surface area contributed by atoms with E-state index in [4.69, 9.17) is 4.74 Å². The van der Waals surface area contributed by atoms with Gasteiger partial charge in [-0.1, -0.05) is 36.4 Å². The molecule has 1 atom stereocenters. The molecule has 6 nitrogen and oxygen atoms in total. The van der Waals surface area contributed by atoms with Gasteiger partial charge in [-0.25, -0.2) is 0 Å². The molecule has 1 aromatic heterocycles. The van der Waals surface area contributed by atoms with Crippen LogP contribution in [0, 0.1) is 5.92 Å². The van der Waals surface area contributed by atoms with E-state index in [2.05, 4.69) is 27.2 Å². The molecule has 1 amide bonds. The summed E-state index contributed by atoms with van der Waals surface area (Å²) in [6.07, 6.45) is 3.71. The lowest BCUT2D eigenvalue weighted by Crippen LogP contribution is -2.42. The number of aromatic amines is 1. The van der Waals surface area contributed by atoms with Crippen LogP contribution >= 0.6 is 0 Å². The topological polar surface area (TPSA) is 61.5 Å². The minimum absolute atomic E-state index is 0.139. The number of amides is 1. The summed E-state index contributed by atoms with van der Waals surface area (Å²) in [6, 6.07) is 16.2. The Morgan fingerprint density at radius 1 is 1.23 bits per heavy atom. The summed E-state index contributed by atoms with van der Waals surface area (Å²) in [5.74, 6) is 1.62. The van der Waals surface area contributed by atoms with Crippen LogP contribution in [0.15, 0.2) is 48.5 Å². The zero-order valence-electron chi connectivity index (χ0n) is 18.5. The fraction of sp³-hybridized carbons (Fsp3) is 0.440. The molecule has 0 radical (unpaired) electrons. The van der Waals surface area contributed by atoms with Gasteiger partial charge in [-0.05, 0) is 49.4 Å². The molecule has 0 spiro atoms. The normalized spacial score (nSPS) is 17.0. The maximum atomic E-state index is 12.8. The average Bonchev–Trinajstić information content (AvgIpc) is 3.21. The predicted molar refractivity (Wildman–Crippen MR) is 123 cm³/mol. The highest BCUT2D eigenvalue weighted by molar-refractivity contribution is 5.87. The lowest BCUT2D eigenvalue weighted by molar-refractivity contribution is -0.130. The Morgan fingerprint density at radius 3 is 2.90 bits per heavy atom. The number of piperidine rings is 1. The van der Waals surface area contributed by atoms with Gasteiger partial charge >= 0.3 is 0 Å². The third-order valence-corrected chi connectivity index (χ3v) is 6.32. The van der Waals surface area contributed by atoms with Crippen LogP contribution < -0.4 is 4.74 Å². The summed E-state index contributed by atoms with van der Waals surface area (Å²) in [4.78, 5) is 17.3. The fourth-order valence-electron chi connectivity index (χ4n) is 4.62. The van der Waals surface area contributed by atoms with Gasteiger partial charge < -0.3 is 14.5 Å². The van der Waals surface area contributed by atoms with Crippen molar-refractivity contribution in [3.63, 3.8) is 0 Å². The van der Waals surface area contributed by atoms with Crippen molar-refractivity contribution in [2.75, 3.05) is 40.3 Å². The second-order valence-corrected chi connectivity index (χ2v) is 8.54. The first-order chi connectivity index (χ1) is 15.1. The van der Waals surface area contributed by atoms with E-state index >= 15 is 0 Å². The Labute approximate surface area is 184 Å². The third kappa shape index (κ3) is 5.25. The Bertz CT molecular complexity index is 1020. The maximum absolute atomic E-state index is 12.8. The predicted octanol–water partition coefficient (Wildman–Crippen LogP) is 3.53. The molecule has 1 fully saturated rings. The molecule has 1 aliphatic rings. The molecule has 1 aliphatic heterocycles. The Balaban J connectivity index is 1.28. The van der Waals surface area contributed by atoms with E-state index in [0.29, 0.717) is 12.3 Å². The number of hydrogen-bond acceptors (Lipinski definition) is 4. The number of fused-ring (bicyclic) bond motifs is 1. The maximum Gasteiger partial charge on any atom is 0.228 e. The van der Waals surface area contributed by atoms with Crippen LogP contribution in [0.5, 0.6) is 5.75 Å². The Morgan fingerprint density at radius 2 is 2.03 bits per heavy atom. The molecule has 3 aromatic rings. The first-order valence-corrected chi connectivity index (χ1v) is 11.1. The van der Waals surface area contributed by atoms with Gasteiger partial charge in [-0.15, -0.1) is 0 Å². The highest BCUT2D eigenvalue weighted by Gasteiger charge is 2.23. The standard InChI is InChI=1S/C25H32N4O2/c1-28(25(30)16-23-21-10-4-5-11-22(21)26-27-23)17-19-8-7-14-29(18-19)15-13-20-9-3-6-12-24(20)31-2/h3-6,9-12,19H,7-8,13-18H2,1-2H3,(H,26,27). The van der Waals surface area contributed by atoms with Gasteiger partial charge in [0.1, 0.15) is 5.75 Å². The number of rotatable bonds is 8. The Kier molecular flexibility index (Phi) is 6.87. The number of ether oxygens (including phenoxy) is 1. The zero-order valence-corrected chi connectivity index (χ0v) is 18.5. The second-order valence-electron chi connectivity index (χ2n) is 8.54. The number of hydrogen-bond donors (Lipinski definition) is 1. The van der Waals surface area contributed by atoms with E-state index < -0.39 is 0 Å². The number of likely N-dealkylation sites (tertiary alicyclic amines) is 1. The summed E-state index contributed by atoms with van der Waals surface area (Å²) < 4.78 is 5.49. The lowest BCUT2D eigenvalue weighted by atomic mass is 9.96. The van der Waals surface area contributed by atoms with Crippen molar-refractivity contribution in [1.82, 2.24) is 20.0 Å². The highest BCUT2D eigenvalue weighted by atomic mass is 16.5. The molecule has 1 unspecified atom stereocenters. The molecule has 1 saturated heterocycles. The summed E-state index contributed by atoms with van der Waals surface area (Å²) in [6.45, 7) is 3.99. The first kappa shape index (κ1) is 21.4. The van der Waals surface area contributed by atoms with E-state index in [0.717, 1.165) is 54.9 Å². The highest BCUT2D eigenvalue weighted by Crippen LogP contribution is 2.22. The number of nitrogens with one attached hydrogen (secondary N) is 1. The molecule has 0 saturated carbocycles. The summed E-state index contributed by atoms with van der Waals surface area (Å²) in [5.41, 5.74) is 3.06. The quantitative estimate of drug-likeness (QED) is 0.606. The third-order valence-electron chi connectivity index (χ3n) is 6.32. The molecule has 1 N–H and O–H groups in total. The second kappa shape index (κ2) is 9.96. The van der Waals surface area contributed by atoms with Crippen LogP contribution in [0.1, 0.15) is 24.1 Å².